The summed E-state index contributed by atoms with van der Waals surface area (Å²) in [6.45, 7) is 0.153. The Morgan fingerprint density at radius 1 is 1.35 bits per heavy atom. The van der Waals surface area contributed by atoms with Gasteiger partial charge in [0.1, 0.15) is 0 Å². The van der Waals surface area contributed by atoms with Gasteiger partial charge in [0.2, 0.25) is 0 Å². The highest BCUT2D eigenvalue weighted by Gasteiger charge is 2.27. The van der Waals surface area contributed by atoms with Gasteiger partial charge in [-0.1, -0.05) is 6.42 Å². The summed E-state index contributed by atoms with van der Waals surface area (Å²) in [6.07, 6.45) is 3.03. The van der Waals surface area contributed by atoms with Gasteiger partial charge in [-0.3, -0.25) is 4.79 Å². The van der Waals surface area contributed by atoms with Gasteiger partial charge in [0.25, 0.3) is 5.91 Å². The van der Waals surface area contributed by atoms with Crippen LogP contribution in [0.25, 0.3) is 0 Å². The van der Waals surface area contributed by atoms with E-state index in [1.54, 1.807) is 24.3 Å². The SMILES string of the molecule is O=C(NC1CCCC1CO)c1ccc(S)cc1. The predicted octanol–water partition coefficient (Wildman–Crippen LogP) is 1.87. The van der Waals surface area contributed by atoms with Crippen LogP contribution >= 0.6 is 12.6 Å². The fraction of sp³-hybridized carbons (Fsp3) is 0.462. The molecule has 0 aromatic heterocycles. The van der Waals surface area contributed by atoms with Crippen molar-refractivity contribution < 1.29 is 9.90 Å². The summed E-state index contributed by atoms with van der Waals surface area (Å²) in [6, 6.07) is 7.25. The van der Waals surface area contributed by atoms with Gasteiger partial charge >= 0.3 is 0 Å². The van der Waals surface area contributed by atoms with Crippen molar-refractivity contribution in [3.8, 4) is 0 Å². The molecule has 2 unspecified atom stereocenters. The molecule has 0 heterocycles. The zero-order valence-corrected chi connectivity index (χ0v) is 10.5. The van der Waals surface area contributed by atoms with Crippen molar-refractivity contribution in [1.29, 1.82) is 0 Å². The standard InChI is InChI=1S/C13H17NO2S/c15-8-10-2-1-3-12(10)14-13(16)9-4-6-11(17)7-5-9/h4-7,10,12,15,17H,1-3,8H2,(H,14,16). The highest BCUT2D eigenvalue weighted by Crippen LogP contribution is 2.25. The second-order valence-electron chi connectivity index (χ2n) is 4.50. The van der Waals surface area contributed by atoms with E-state index in [4.69, 9.17) is 0 Å². The third kappa shape index (κ3) is 3.01. The van der Waals surface area contributed by atoms with Crippen molar-refractivity contribution in [3.63, 3.8) is 0 Å². The van der Waals surface area contributed by atoms with E-state index in [0.29, 0.717) is 5.56 Å². The normalized spacial score (nSPS) is 23.6. The van der Waals surface area contributed by atoms with Crippen molar-refractivity contribution in [3.05, 3.63) is 29.8 Å². The smallest absolute Gasteiger partial charge is 0.251 e. The van der Waals surface area contributed by atoms with Crippen molar-refractivity contribution in [1.82, 2.24) is 5.32 Å². The van der Waals surface area contributed by atoms with E-state index >= 15 is 0 Å². The van der Waals surface area contributed by atoms with Gasteiger partial charge in [-0.2, -0.15) is 0 Å². The molecule has 2 atom stereocenters. The average Bonchev–Trinajstić information content (AvgIpc) is 2.77. The highest BCUT2D eigenvalue weighted by molar-refractivity contribution is 7.80. The number of hydrogen-bond acceptors (Lipinski definition) is 3. The maximum absolute atomic E-state index is 12.0. The molecule has 17 heavy (non-hydrogen) atoms. The lowest BCUT2D eigenvalue weighted by Crippen LogP contribution is -2.38. The number of amides is 1. The molecule has 0 saturated heterocycles. The van der Waals surface area contributed by atoms with E-state index in [9.17, 15) is 9.90 Å². The molecule has 0 spiro atoms. The first kappa shape index (κ1) is 12.5. The first-order valence-electron chi connectivity index (χ1n) is 5.91. The minimum absolute atomic E-state index is 0.0660. The number of hydrogen-bond donors (Lipinski definition) is 3. The maximum Gasteiger partial charge on any atom is 0.251 e. The van der Waals surface area contributed by atoms with E-state index in [1.165, 1.54) is 0 Å². The molecular weight excluding hydrogens is 234 g/mol. The van der Waals surface area contributed by atoms with Gasteiger partial charge in [-0.25, -0.2) is 0 Å². The summed E-state index contributed by atoms with van der Waals surface area (Å²) in [7, 11) is 0. The molecule has 1 aliphatic rings. The number of nitrogens with one attached hydrogen (secondary N) is 1. The molecule has 1 aromatic carbocycles. The molecule has 4 heteroatoms. The van der Waals surface area contributed by atoms with Crippen molar-refractivity contribution in [2.45, 2.75) is 30.2 Å². The Morgan fingerprint density at radius 3 is 2.71 bits per heavy atom. The Morgan fingerprint density at radius 2 is 2.06 bits per heavy atom. The first-order chi connectivity index (χ1) is 8.20. The largest absolute Gasteiger partial charge is 0.396 e. The van der Waals surface area contributed by atoms with Crippen LogP contribution in [0.1, 0.15) is 29.6 Å². The van der Waals surface area contributed by atoms with Crippen LogP contribution in [-0.4, -0.2) is 23.7 Å². The molecular formula is C13H17NO2S. The molecule has 1 aliphatic carbocycles. The zero-order valence-electron chi connectivity index (χ0n) is 9.60. The molecule has 92 valence electrons. The molecule has 1 amide bonds. The lowest BCUT2D eigenvalue weighted by atomic mass is 10.0. The van der Waals surface area contributed by atoms with Crippen molar-refractivity contribution in [2.75, 3.05) is 6.61 Å². The molecule has 2 rings (SSSR count). The van der Waals surface area contributed by atoms with Gasteiger partial charge in [0, 0.05) is 29.0 Å². The Labute approximate surface area is 107 Å². The lowest BCUT2D eigenvalue weighted by Gasteiger charge is -2.19. The summed E-state index contributed by atoms with van der Waals surface area (Å²) >= 11 is 4.18. The van der Waals surface area contributed by atoms with Crippen molar-refractivity contribution >= 4 is 18.5 Å². The molecule has 3 nitrogen and oxygen atoms in total. The molecule has 1 saturated carbocycles. The monoisotopic (exact) mass is 251 g/mol. The molecule has 1 fully saturated rings. The number of aliphatic hydroxyl groups is 1. The number of carbonyl (C=O) groups excluding carboxylic acids is 1. The molecule has 1 aromatic rings. The Kier molecular flexibility index (Phi) is 4.07. The third-order valence-electron chi connectivity index (χ3n) is 3.34. The number of thiol groups is 1. The number of carbonyl (C=O) groups is 1. The van der Waals surface area contributed by atoms with Gasteiger partial charge in [-0.05, 0) is 37.1 Å². The second kappa shape index (κ2) is 5.56. The second-order valence-corrected chi connectivity index (χ2v) is 5.02. The van der Waals surface area contributed by atoms with Gasteiger partial charge in [0.15, 0.2) is 0 Å². The van der Waals surface area contributed by atoms with E-state index in [0.717, 1.165) is 24.2 Å². The van der Waals surface area contributed by atoms with E-state index < -0.39 is 0 Å². The highest BCUT2D eigenvalue weighted by atomic mass is 32.1. The molecule has 0 aliphatic heterocycles. The molecule has 0 bridgehead atoms. The summed E-state index contributed by atoms with van der Waals surface area (Å²) in [5.41, 5.74) is 0.645. The quantitative estimate of drug-likeness (QED) is 0.718. The van der Waals surface area contributed by atoms with Gasteiger partial charge in [-0.15, -0.1) is 12.6 Å². The van der Waals surface area contributed by atoms with Crippen LogP contribution in [0.3, 0.4) is 0 Å². The van der Waals surface area contributed by atoms with Crippen LogP contribution in [0.2, 0.25) is 0 Å². The van der Waals surface area contributed by atoms with Crippen LogP contribution in [0.15, 0.2) is 29.2 Å². The van der Waals surface area contributed by atoms with Crippen LogP contribution in [0.5, 0.6) is 0 Å². The maximum atomic E-state index is 12.0. The first-order valence-corrected chi connectivity index (χ1v) is 6.36. The summed E-state index contributed by atoms with van der Waals surface area (Å²) in [4.78, 5) is 12.8. The average molecular weight is 251 g/mol. The fourth-order valence-corrected chi connectivity index (χ4v) is 2.46. The minimum Gasteiger partial charge on any atom is -0.396 e. The predicted molar refractivity (Wildman–Crippen MR) is 69.4 cm³/mol. The summed E-state index contributed by atoms with van der Waals surface area (Å²) in [5.74, 6) is 0.145. The fourth-order valence-electron chi connectivity index (χ4n) is 2.31. The van der Waals surface area contributed by atoms with E-state index in [1.807, 2.05) is 0 Å². The minimum atomic E-state index is -0.0660. The topological polar surface area (TPSA) is 49.3 Å². The Balaban J connectivity index is 1.99. The van der Waals surface area contributed by atoms with Crippen LogP contribution < -0.4 is 5.32 Å². The van der Waals surface area contributed by atoms with Crippen LogP contribution in [-0.2, 0) is 0 Å². The molecule has 0 radical (unpaired) electrons. The number of benzene rings is 1. The van der Waals surface area contributed by atoms with Crippen LogP contribution in [0, 0.1) is 5.92 Å². The zero-order chi connectivity index (χ0) is 12.3. The Hall–Kier alpha value is -1.00. The van der Waals surface area contributed by atoms with Crippen molar-refractivity contribution in [2.24, 2.45) is 5.92 Å². The summed E-state index contributed by atoms with van der Waals surface area (Å²) in [5, 5.41) is 12.2. The van der Waals surface area contributed by atoms with Gasteiger partial charge < -0.3 is 10.4 Å². The number of rotatable bonds is 3. The number of aliphatic hydroxyl groups excluding tert-OH is 1. The van der Waals surface area contributed by atoms with Gasteiger partial charge in [0.05, 0.1) is 0 Å². The van der Waals surface area contributed by atoms with Crippen LogP contribution in [0.4, 0.5) is 0 Å². The van der Waals surface area contributed by atoms with E-state index in [-0.39, 0.29) is 24.5 Å². The summed E-state index contributed by atoms with van der Waals surface area (Å²) < 4.78 is 0. The van der Waals surface area contributed by atoms with E-state index in [2.05, 4.69) is 17.9 Å². The Bertz CT molecular complexity index is 391. The lowest BCUT2D eigenvalue weighted by molar-refractivity contribution is 0.0916. The molecule has 2 N–H and O–H groups in total. The third-order valence-corrected chi connectivity index (χ3v) is 3.64.